The predicted molar refractivity (Wildman–Crippen MR) is 91.5 cm³/mol. The monoisotopic (exact) mass is 320 g/mol. The molecule has 22 heavy (non-hydrogen) atoms. The zero-order valence-corrected chi connectivity index (χ0v) is 14.1. The van der Waals surface area contributed by atoms with Crippen molar-refractivity contribution < 1.29 is 4.79 Å². The zero-order valence-electron chi connectivity index (χ0n) is 13.3. The molecule has 1 aliphatic carbocycles. The quantitative estimate of drug-likeness (QED) is 0.834. The molecule has 0 N–H and O–H groups in total. The maximum absolute atomic E-state index is 12.6. The van der Waals surface area contributed by atoms with E-state index in [9.17, 15) is 4.79 Å². The van der Waals surface area contributed by atoms with Gasteiger partial charge in [0.2, 0.25) is 5.91 Å². The lowest BCUT2D eigenvalue weighted by molar-refractivity contribution is -0.119. The summed E-state index contributed by atoms with van der Waals surface area (Å²) in [7, 11) is 0. The van der Waals surface area contributed by atoms with Gasteiger partial charge >= 0.3 is 0 Å². The van der Waals surface area contributed by atoms with Crippen LogP contribution in [-0.4, -0.2) is 36.0 Å². The van der Waals surface area contributed by atoms with Gasteiger partial charge in [0, 0.05) is 23.2 Å². The highest BCUT2D eigenvalue weighted by Gasteiger charge is 2.38. The third-order valence-electron chi connectivity index (χ3n) is 5.06. The van der Waals surface area contributed by atoms with Crippen LogP contribution in [0.3, 0.4) is 0 Å². The highest BCUT2D eigenvalue weighted by Crippen LogP contribution is 2.34. The highest BCUT2D eigenvalue weighted by molar-refractivity contribution is 6.30. The van der Waals surface area contributed by atoms with Gasteiger partial charge in [0.25, 0.3) is 0 Å². The Labute approximate surface area is 138 Å². The molecule has 1 aromatic rings. The van der Waals surface area contributed by atoms with Crippen molar-refractivity contribution in [1.29, 1.82) is 0 Å². The number of amides is 1. The zero-order chi connectivity index (χ0) is 15.5. The molecule has 3 rings (SSSR count). The van der Waals surface area contributed by atoms with Crippen molar-refractivity contribution in [2.24, 2.45) is 0 Å². The van der Waals surface area contributed by atoms with Gasteiger partial charge < -0.3 is 4.90 Å². The Balaban J connectivity index is 1.87. The van der Waals surface area contributed by atoms with Crippen LogP contribution in [0, 0.1) is 0 Å². The Morgan fingerprint density at radius 3 is 2.50 bits per heavy atom. The summed E-state index contributed by atoms with van der Waals surface area (Å²) < 4.78 is 0. The summed E-state index contributed by atoms with van der Waals surface area (Å²) in [5.41, 5.74) is 0.993. The Kier molecular flexibility index (Phi) is 5.04. The number of hydrogen-bond acceptors (Lipinski definition) is 2. The van der Waals surface area contributed by atoms with Crippen molar-refractivity contribution >= 4 is 23.2 Å². The van der Waals surface area contributed by atoms with Crippen LogP contribution in [0.4, 0.5) is 5.69 Å². The summed E-state index contributed by atoms with van der Waals surface area (Å²) in [6.07, 6.45) is 6.68. The Morgan fingerprint density at radius 2 is 1.86 bits per heavy atom. The molecule has 1 aromatic carbocycles. The third kappa shape index (κ3) is 3.16. The van der Waals surface area contributed by atoms with E-state index in [0.717, 1.165) is 17.1 Å². The molecular weight excluding hydrogens is 296 g/mol. The number of halogens is 1. The minimum Gasteiger partial charge on any atom is -0.308 e. The molecule has 2 atom stereocenters. The van der Waals surface area contributed by atoms with Crippen LogP contribution in [0.1, 0.15) is 45.4 Å². The summed E-state index contributed by atoms with van der Waals surface area (Å²) in [6, 6.07) is 8.56. The Bertz CT molecular complexity index is 510. The van der Waals surface area contributed by atoms with E-state index in [1.165, 1.54) is 38.8 Å². The van der Waals surface area contributed by atoms with Crippen molar-refractivity contribution in [2.45, 2.75) is 57.5 Å². The summed E-state index contributed by atoms with van der Waals surface area (Å²) in [6.45, 7) is 4.33. The van der Waals surface area contributed by atoms with Gasteiger partial charge in [0.05, 0.1) is 6.04 Å². The molecule has 1 amide bonds. The predicted octanol–water partition coefficient (Wildman–Crippen LogP) is 4.10. The van der Waals surface area contributed by atoms with Crippen molar-refractivity contribution in [3.8, 4) is 0 Å². The van der Waals surface area contributed by atoms with E-state index in [1.54, 1.807) is 0 Å². The van der Waals surface area contributed by atoms with E-state index in [4.69, 9.17) is 11.6 Å². The number of hydrogen-bond donors (Lipinski definition) is 0. The van der Waals surface area contributed by atoms with Crippen LogP contribution in [0.2, 0.25) is 5.02 Å². The smallest absolute Gasteiger partial charge is 0.227 e. The number of carbonyl (C=O) groups is 1. The lowest BCUT2D eigenvalue weighted by Gasteiger charge is -2.37. The van der Waals surface area contributed by atoms with E-state index in [1.807, 2.05) is 36.1 Å². The van der Waals surface area contributed by atoms with Crippen molar-refractivity contribution in [3.05, 3.63) is 29.3 Å². The molecule has 0 bridgehead atoms. The summed E-state index contributed by atoms with van der Waals surface area (Å²) in [5.74, 6) is 0.221. The topological polar surface area (TPSA) is 23.6 Å². The van der Waals surface area contributed by atoms with Gasteiger partial charge in [-0.2, -0.15) is 0 Å². The second kappa shape index (κ2) is 7.01. The van der Waals surface area contributed by atoms with Crippen LogP contribution >= 0.6 is 11.6 Å². The molecule has 2 aliphatic rings. The fraction of sp³-hybridized carbons (Fsp3) is 0.611. The van der Waals surface area contributed by atoms with E-state index < -0.39 is 0 Å². The van der Waals surface area contributed by atoms with Gasteiger partial charge in [0.1, 0.15) is 0 Å². The first-order valence-electron chi connectivity index (χ1n) is 8.52. The maximum atomic E-state index is 12.6. The molecule has 1 saturated heterocycles. The van der Waals surface area contributed by atoms with Crippen LogP contribution < -0.4 is 4.90 Å². The average molecular weight is 321 g/mol. The lowest BCUT2D eigenvalue weighted by Crippen LogP contribution is -2.50. The highest BCUT2D eigenvalue weighted by atomic mass is 35.5. The number of likely N-dealkylation sites (tertiary alicyclic amines) is 1. The second-order valence-corrected chi connectivity index (χ2v) is 6.84. The molecule has 1 saturated carbocycles. The van der Waals surface area contributed by atoms with Crippen molar-refractivity contribution in [3.63, 3.8) is 0 Å². The molecule has 1 aliphatic heterocycles. The molecule has 120 valence electrons. The standard InChI is InChI=1S/C18H25ClN2O/c1-2-18(22)21(15-10-8-14(19)9-11-15)17-7-5-6-16(17)20-12-3-4-13-20/h8-11,16-17H,2-7,12-13H2,1H3. The van der Waals surface area contributed by atoms with Gasteiger partial charge in [-0.05, 0) is 69.5 Å². The molecule has 0 spiro atoms. The molecule has 1 heterocycles. The number of benzene rings is 1. The lowest BCUT2D eigenvalue weighted by atomic mass is 10.1. The minimum absolute atomic E-state index is 0.221. The SMILES string of the molecule is CCC(=O)N(c1ccc(Cl)cc1)C1CCCC1N1CCCC1. The fourth-order valence-electron chi connectivity index (χ4n) is 4.01. The number of rotatable bonds is 4. The third-order valence-corrected chi connectivity index (χ3v) is 5.31. The van der Waals surface area contributed by atoms with Crippen LogP contribution in [0.15, 0.2) is 24.3 Å². The van der Waals surface area contributed by atoms with E-state index in [-0.39, 0.29) is 5.91 Å². The number of anilines is 1. The maximum Gasteiger partial charge on any atom is 0.227 e. The first-order chi connectivity index (χ1) is 10.7. The van der Waals surface area contributed by atoms with E-state index in [0.29, 0.717) is 18.5 Å². The fourth-order valence-corrected chi connectivity index (χ4v) is 4.14. The molecule has 4 heteroatoms. The Hall–Kier alpha value is -1.06. The van der Waals surface area contributed by atoms with E-state index in [2.05, 4.69) is 4.90 Å². The van der Waals surface area contributed by atoms with Crippen LogP contribution in [-0.2, 0) is 4.79 Å². The second-order valence-electron chi connectivity index (χ2n) is 6.40. The summed E-state index contributed by atoms with van der Waals surface area (Å²) in [5, 5.41) is 0.718. The van der Waals surface area contributed by atoms with Crippen molar-refractivity contribution in [1.82, 2.24) is 4.90 Å². The molecule has 0 aromatic heterocycles. The van der Waals surface area contributed by atoms with Gasteiger partial charge in [-0.1, -0.05) is 18.5 Å². The number of carbonyl (C=O) groups excluding carboxylic acids is 1. The van der Waals surface area contributed by atoms with Gasteiger partial charge in [-0.25, -0.2) is 0 Å². The molecular formula is C18H25ClN2O. The number of nitrogens with zero attached hydrogens (tertiary/aromatic N) is 2. The molecule has 0 radical (unpaired) electrons. The van der Waals surface area contributed by atoms with Gasteiger partial charge in [-0.3, -0.25) is 9.69 Å². The van der Waals surface area contributed by atoms with E-state index >= 15 is 0 Å². The van der Waals surface area contributed by atoms with Gasteiger partial charge in [0.15, 0.2) is 0 Å². The minimum atomic E-state index is 0.221. The largest absolute Gasteiger partial charge is 0.308 e. The Morgan fingerprint density at radius 1 is 1.18 bits per heavy atom. The molecule has 3 nitrogen and oxygen atoms in total. The molecule has 2 fully saturated rings. The first-order valence-corrected chi connectivity index (χ1v) is 8.90. The van der Waals surface area contributed by atoms with Crippen molar-refractivity contribution in [2.75, 3.05) is 18.0 Å². The molecule has 2 unspecified atom stereocenters. The van der Waals surface area contributed by atoms with Gasteiger partial charge in [-0.15, -0.1) is 0 Å². The van der Waals surface area contributed by atoms with Crippen LogP contribution in [0.25, 0.3) is 0 Å². The first kappa shape index (κ1) is 15.8. The van der Waals surface area contributed by atoms with Crippen LogP contribution in [0.5, 0.6) is 0 Å². The summed E-state index contributed by atoms with van der Waals surface area (Å²) in [4.78, 5) is 17.3. The summed E-state index contributed by atoms with van der Waals surface area (Å²) >= 11 is 6.01. The normalized spacial score (nSPS) is 25.5. The average Bonchev–Trinajstić information content (AvgIpc) is 3.20.